The number of carbonyl (C=O) groups excluding carboxylic acids is 1. The molecule has 4 N–H and O–H groups in total. The van der Waals surface area contributed by atoms with Gasteiger partial charge < -0.3 is 20.5 Å². The zero-order valence-corrected chi connectivity index (χ0v) is 17.5. The number of hydrogen-bond donors (Lipinski definition) is 3. The van der Waals surface area contributed by atoms with Crippen LogP contribution in [0.4, 0.5) is 5.69 Å². The molecule has 0 aliphatic carbocycles. The van der Waals surface area contributed by atoms with Crippen LogP contribution in [-0.4, -0.2) is 39.3 Å². The molecule has 1 amide bonds. The molecule has 0 saturated heterocycles. The van der Waals surface area contributed by atoms with E-state index in [-0.39, 0.29) is 24.2 Å². The second-order valence-electron chi connectivity index (χ2n) is 6.28. The third kappa shape index (κ3) is 7.08. The number of benzene rings is 2. The van der Waals surface area contributed by atoms with E-state index in [0.717, 1.165) is 11.3 Å². The maximum Gasteiger partial charge on any atom is 0.246 e. The van der Waals surface area contributed by atoms with Crippen LogP contribution in [0.15, 0.2) is 59.8 Å². The molecule has 1 aromatic heterocycles. The SMILES string of the molecule is COc1ccc(NC(=O)Cn2cc(COc3ccc(/C=N/NC(N)=S)cc3)nn2)cc1. The van der Waals surface area contributed by atoms with E-state index in [1.807, 2.05) is 12.1 Å². The molecule has 3 aromatic rings. The number of methoxy groups -OCH3 is 1. The second-order valence-corrected chi connectivity index (χ2v) is 6.72. The van der Waals surface area contributed by atoms with Crippen LogP contribution >= 0.6 is 12.2 Å². The molecule has 11 heteroatoms. The van der Waals surface area contributed by atoms with E-state index in [1.165, 1.54) is 4.68 Å². The van der Waals surface area contributed by atoms with Crippen molar-refractivity contribution < 1.29 is 14.3 Å². The fraction of sp³-hybridized carbons (Fsp3) is 0.150. The van der Waals surface area contributed by atoms with E-state index in [0.29, 0.717) is 17.1 Å². The van der Waals surface area contributed by atoms with Crippen molar-refractivity contribution in [3.63, 3.8) is 0 Å². The third-order valence-electron chi connectivity index (χ3n) is 3.92. The Labute approximate surface area is 184 Å². The van der Waals surface area contributed by atoms with Gasteiger partial charge in [0.15, 0.2) is 5.11 Å². The second kappa shape index (κ2) is 10.7. The largest absolute Gasteiger partial charge is 0.497 e. The molecule has 31 heavy (non-hydrogen) atoms. The Balaban J connectivity index is 1.46. The molecule has 0 radical (unpaired) electrons. The van der Waals surface area contributed by atoms with Crippen molar-refractivity contribution in [2.75, 3.05) is 12.4 Å². The molecule has 0 atom stereocenters. The van der Waals surface area contributed by atoms with Gasteiger partial charge in [-0.05, 0) is 66.3 Å². The molecule has 0 saturated carbocycles. The van der Waals surface area contributed by atoms with E-state index >= 15 is 0 Å². The number of nitrogens with two attached hydrogens (primary N) is 1. The molecule has 1 heterocycles. The van der Waals surface area contributed by atoms with E-state index < -0.39 is 0 Å². The summed E-state index contributed by atoms with van der Waals surface area (Å²) in [6.07, 6.45) is 3.25. The van der Waals surface area contributed by atoms with Crippen LogP contribution in [0.25, 0.3) is 0 Å². The first-order valence-corrected chi connectivity index (χ1v) is 9.57. The molecule has 0 bridgehead atoms. The lowest BCUT2D eigenvalue weighted by molar-refractivity contribution is -0.116. The average Bonchev–Trinajstić information content (AvgIpc) is 3.20. The van der Waals surface area contributed by atoms with Crippen molar-refractivity contribution in [2.45, 2.75) is 13.2 Å². The summed E-state index contributed by atoms with van der Waals surface area (Å²) in [6, 6.07) is 14.3. The Kier molecular flexibility index (Phi) is 7.49. The summed E-state index contributed by atoms with van der Waals surface area (Å²) in [5.41, 5.74) is 9.90. The number of amides is 1. The Hall–Kier alpha value is -3.99. The smallest absolute Gasteiger partial charge is 0.246 e. The van der Waals surface area contributed by atoms with Gasteiger partial charge in [0.25, 0.3) is 0 Å². The van der Waals surface area contributed by atoms with Crippen LogP contribution in [0.2, 0.25) is 0 Å². The summed E-state index contributed by atoms with van der Waals surface area (Å²) in [5.74, 6) is 1.16. The zero-order valence-electron chi connectivity index (χ0n) is 16.7. The number of thiocarbonyl (C=S) groups is 1. The first-order valence-electron chi connectivity index (χ1n) is 9.16. The van der Waals surface area contributed by atoms with Crippen molar-refractivity contribution in [3.8, 4) is 11.5 Å². The highest BCUT2D eigenvalue weighted by Crippen LogP contribution is 2.15. The lowest BCUT2D eigenvalue weighted by Crippen LogP contribution is -2.23. The van der Waals surface area contributed by atoms with Gasteiger partial charge in [0.05, 0.1) is 19.5 Å². The Morgan fingerprint density at radius 1 is 1.19 bits per heavy atom. The van der Waals surface area contributed by atoms with Gasteiger partial charge in [-0.2, -0.15) is 5.10 Å². The van der Waals surface area contributed by atoms with Crippen molar-refractivity contribution in [3.05, 3.63) is 66.0 Å². The number of nitrogens with zero attached hydrogens (tertiary/aromatic N) is 4. The number of anilines is 1. The summed E-state index contributed by atoms with van der Waals surface area (Å²) in [7, 11) is 1.59. The minimum atomic E-state index is -0.218. The molecule has 10 nitrogen and oxygen atoms in total. The Bertz CT molecular complexity index is 1050. The zero-order chi connectivity index (χ0) is 22.1. The number of aromatic nitrogens is 3. The van der Waals surface area contributed by atoms with Crippen molar-refractivity contribution in [1.82, 2.24) is 20.4 Å². The van der Waals surface area contributed by atoms with Crippen LogP contribution in [0.3, 0.4) is 0 Å². The lowest BCUT2D eigenvalue weighted by Gasteiger charge is -2.06. The minimum absolute atomic E-state index is 0.0351. The van der Waals surface area contributed by atoms with E-state index in [4.69, 9.17) is 15.2 Å². The maximum atomic E-state index is 12.2. The van der Waals surface area contributed by atoms with Gasteiger partial charge in [-0.3, -0.25) is 10.2 Å². The first kappa shape index (κ1) is 21.7. The molecule has 0 aliphatic rings. The van der Waals surface area contributed by atoms with E-state index in [2.05, 4.69) is 38.4 Å². The summed E-state index contributed by atoms with van der Waals surface area (Å²) < 4.78 is 12.2. The van der Waals surface area contributed by atoms with Gasteiger partial charge in [0.1, 0.15) is 30.3 Å². The van der Waals surface area contributed by atoms with Crippen LogP contribution < -0.4 is 25.9 Å². The van der Waals surface area contributed by atoms with Crippen molar-refractivity contribution >= 4 is 35.1 Å². The van der Waals surface area contributed by atoms with Gasteiger partial charge >= 0.3 is 0 Å². The fourth-order valence-electron chi connectivity index (χ4n) is 2.48. The Morgan fingerprint density at radius 3 is 2.58 bits per heavy atom. The maximum absolute atomic E-state index is 12.2. The highest BCUT2D eigenvalue weighted by Gasteiger charge is 2.08. The quantitative estimate of drug-likeness (QED) is 0.261. The van der Waals surface area contributed by atoms with Crippen molar-refractivity contribution in [2.24, 2.45) is 10.8 Å². The monoisotopic (exact) mass is 439 g/mol. The summed E-state index contributed by atoms with van der Waals surface area (Å²) in [5, 5.41) is 14.8. The molecule has 0 unspecified atom stereocenters. The van der Waals surface area contributed by atoms with E-state index in [9.17, 15) is 4.79 Å². The average molecular weight is 440 g/mol. The van der Waals surface area contributed by atoms with Gasteiger partial charge in [0, 0.05) is 5.69 Å². The molecule has 0 fully saturated rings. The van der Waals surface area contributed by atoms with Crippen LogP contribution in [0.5, 0.6) is 11.5 Å². The third-order valence-corrected chi connectivity index (χ3v) is 4.01. The molecule has 160 valence electrons. The molecule has 2 aromatic carbocycles. The number of nitrogens with one attached hydrogen (secondary N) is 2. The molecular formula is C20H21N7O3S. The predicted molar refractivity (Wildman–Crippen MR) is 120 cm³/mol. The first-order chi connectivity index (χ1) is 15.0. The number of ether oxygens (including phenoxy) is 2. The summed E-state index contributed by atoms with van der Waals surface area (Å²) >= 11 is 4.67. The van der Waals surface area contributed by atoms with Gasteiger partial charge in [-0.1, -0.05) is 5.21 Å². The number of hydrazone groups is 1. The standard InChI is InChI=1S/C20H21N7O3S/c1-29-17-8-4-15(5-9-17)23-19(28)12-27-11-16(24-26-27)13-30-18-6-2-14(3-7-18)10-22-25-20(21)31/h2-11H,12-13H2,1H3,(H,23,28)(H3,21,25,31)/b22-10+. The predicted octanol–water partition coefficient (Wildman–Crippen LogP) is 1.67. The van der Waals surface area contributed by atoms with Crippen molar-refractivity contribution in [1.29, 1.82) is 0 Å². The lowest BCUT2D eigenvalue weighted by atomic mass is 10.2. The van der Waals surface area contributed by atoms with Gasteiger partial charge in [-0.15, -0.1) is 5.10 Å². The highest BCUT2D eigenvalue weighted by molar-refractivity contribution is 7.80. The molecule has 0 aliphatic heterocycles. The summed E-state index contributed by atoms with van der Waals surface area (Å²) in [6.45, 7) is 0.254. The van der Waals surface area contributed by atoms with Crippen LogP contribution in [0.1, 0.15) is 11.3 Å². The Morgan fingerprint density at radius 2 is 1.90 bits per heavy atom. The van der Waals surface area contributed by atoms with Crippen LogP contribution in [0, 0.1) is 0 Å². The minimum Gasteiger partial charge on any atom is -0.497 e. The van der Waals surface area contributed by atoms with Gasteiger partial charge in [0.2, 0.25) is 5.91 Å². The van der Waals surface area contributed by atoms with Gasteiger partial charge in [-0.25, -0.2) is 4.68 Å². The molecular weight excluding hydrogens is 418 g/mol. The summed E-state index contributed by atoms with van der Waals surface area (Å²) in [4.78, 5) is 12.2. The topological polar surface area (TPSA) is 129 Å². The highest BCUT2D eigenvalue weighted by atomic mass is 32.1. The van der Waals surface area contributed by atoms with Crippen LogP contribution in [-0.2, 0) is 17.9 Å². The fourth-order valence-corrected chi connectivity index (χ4v) is 2.53. The number of carbonyl (C=O) groups is 1. The van der Waals surface area contributed by atoms with E-state index in [1.54, 1.807) is 55.9 Å². The molecule has 3 rings (SSSR count). The molecule has 0 spiro atoms. The number of rotatable bonds is 9. The number of hydrogen-bond acceptors (Lipinski definition) is 7. The normalized spacial score (nSPS) is 10.6.